The van der Waals surface area contributed by atoms with Gasteiger partial charge in [-0.2, -0.15) is 5.10 Å². The molecule has 23 heavy (non-hydrogen) atoms. The highest BCUT2D eigenvalue weighted by Gasteiger charge is 2.59. The van der Waals surface area contributed by atoms with Crippen molar-refractivity contribution in [2.75, 3.05) is 6.61 Å². The van der Waals surface area contributed by atoms with Crippen LogP contribution in [0.15, 0.2) is 0 Å². The molecule has 0 radical (unpaired) electrons. The van der Waals surface area contributed by atoms with E-state index in [4.69, 9.17) is 14.8 Å². The lowest BCUT2D eigenvalue weighted by Crippen LogP contribution is -2.67. The molecule has 2 fully saturated rings. The first-order valence-corrected chi connectivity index (χ1v) is 9.46. The van der Waals surface area contributed by atoms with E-state index in [1.807, 2.05) is 0 Å². The minimum absolute atomic E-state index is 0.369. The summed E-state index contributed by atoms with van der Waals surface area (Å²) in [6, 6.07) is 0.970. The Morgan fingerprint density at radius 1 is 1.35 bits per heavy atom. The van der Waals surface area contributed by atoms with E-state index in [0.29, 0.717) is 29.5 Å². The fraction of sp³-hybridized carbons (Fsp3) is 0.889. The molecular weight excluding hydrogens is 288 g/mol. The SMILES string of the molecule is CCOC1CC(NC2CCCn3nc(C(C)C)nc32)C12CCC2. The lowest BCUT2D eigenvalue weighted by molar-refractivity contribution is -0.175. The van der Waals surface area contributed by atoms with Crippen LogP contribution in [0.25, 0.3) is 0 Å². The van der Waals surface area contributed by atoms with E-state index in [1.54, 1.807) is 0 Å². The Morgan fingerprint density at radius 2 is 2.17 bits per heavy atom. The number of hydrogen-bond donors (Lipinski definition) is 1. The van der Waals surface area contributed by atoms with E-state index < -0.39 is 0 Å². The number of ether oxygens (including phenoxy) is 1. The average Bonchev–Trinajstić information content (AvgIpc) is 2.89. The Morgan fingerprint density at radius 3 is 2.83 bits per heavy atom. The van der Waals surface area contributed by atoms with E-state index >= 15 is 0 Å². The minimum Gasteiger partial charge on any atom is -0.378 e. The molecule has 1 spiro atoms. The van der Waals surface area contributed by atoms with Crippen molar-refractivity contribution in [3.05, 3.63) is 11.6 Å². The molecule has 0 saturated heterocycles. The fourth-order valence-electron chi connectivity index (χ4n) is 4.69. The predicted octanol–water partition coefficient (Wildman–Crippen LogP) is 3.17. The quantitative estimate of drug-likeness (QED) is 0.906. The largest absolute Gasteiger partial charge is 0.378 e. The van der Waals surface area contributed by atoms with Crippen molar-refractivity contribution in [2.45, 2.75) is 89.9 Å². The molecule has 1 aromatic rings. The van der Waals surface area contributed by atoms with Gasteiger partial charge in [0.1, 0.15) is 5.82 Å². The third kappa shape index (κ3) is 2.43. The molecule has 3 atom stereocenters. The molecule has 5 nitrogen and oxygen atoms in total. The summed E-state index contributed by atoms with van der Waals surface area (Å²) in [7, 11) is 0. The summed E-state index contributed by atoms with van der Waals surface area (Å²) in [6.45, 7) is 8.32. The van der Waals surface area contributed by atoms with Gasteiger partial charge >= 0.3 is 0 Å². The highest BCUT2D eigenvalue weighted by molar-refractivity contribution is 5.14. The van der Waals surface area contributed by atoms with Gasteiger partial charge in [-0.15, -0.1) is 0 Å². The van der Waals surface area contributed by atoms with Crippen LogP contribution in [0.4, 0.5) is 0 Å². The first-order chi connectivity index (χ1) is 11.1. The third-order valence-electron chi connectivity index (χ3n) is 6.25. The number of rotatable bonds is 5. The molecule has 3 aliphatic rings. The van der Waals surface area contributed by atoms with Crippen LogP contribution in [0.3, 0.4) is 0 Å². The lowest BCUT2D eigenvalue weighted by Gasteiger charge is -2.61. The maximum absolute atomic E-state index is 5.99. The zero-order chi connectivity index (χ0) is 16.0. The van der Waals surface area contributed by atoms with Crippen LogP contribution in [0.2, 0.25) is 0 Å². The van der Waals surface area contributed by atoms with Gasteiger partial charge in [0.2, 0.25) is 0 Å². The standard InChI is InChI=1S/C18H30N4O/c1-4-23-15-11-14(18(15)8-6-9-18)19-13-7-5-10-22-17(13)20-16(21-22)12(2)3/h12-15,19H,4-11H2,1-3H3. The zero-order valence-electron chi connectivity index (χ0n) is 14.7. The summed E-state index contributed by atoms with van der Waals surface area (Å²) >= 11 is 0. The van der Waals surface area contributed by atoms with Gasteiger partial charge in [-0.25, -0.2) is 9.67 Å². The van der Waals surface area contributed by atoms with E-state index in [1.165, 1.54) is 32.1 Å². The highest BCUT2D eigenvalue weighted by Crippen LogP contribution is 2.57. The van der Waals surface area contributed by atoms with Crippen molar-refractivity contribution in [1.82, 2.24) is 20.1 Å². The van der Waals surface area contributed by atoms with Crippen LogP contribution in [0.5, 0.6) is 0 Å². The summed E-state index contributed by atoms with van der Waals surface area (Å²) in [4.78, 5) is 4.85. The lowest BCUT2D eigenvalue weighted by atomic mass is 9.51. The summed E-state index contributed by atoms with van der Waals surface area (Å²) in [5.41, 5.74) is 0.416. The molecule has 2 heterocycles. The number of hydrogen-bond acceptors (Lipinski definition) is 4. The van der Waals surface area contributed by atoms with Crippen LogP contribution in [0.1, 0.15) is 82.9 Å². The zero-order valence-corrected chi connectivity index (χ0v) is 14.7. The normalized spacial score (nSPS) is 31.7. The second-order valence-corrected chi connectivity index (χ2v) is 7.89. The molecule has 5 heteroatoms. The topological polar surface area (TPSA) is 52.0 Å². The van der Waals surface area contributed by atoms with E-state index in [-0.39, 0.29) is 0 Å². The fourth-order valence-corrected chi connectivity index (χ4v) is 4.69. The molecular formula is C18H30N4O. The van der Waals surface area contributed by atoms with E-state index in [9.17, 15) is 0 Å². The van der Waals surface area contributed by atoms with Gasteiger partial charge in [0, 0.05) is 30.5 Å². The first kappa shape index (κ1) is 15.6. The maximum Gasteiger partial charge on any atom is 0.153 e. The van der Waals surface area contributed by atoms with Gasteiger partial charge in [-0.3, -0.25) is 0 Å². The summed E-state index contributed by atoms with van der Waals surface area (Å²) in [6.07, 6.45) is 8.03. The summed E-state index contributed by atoms with van der Waals surface area (Å²) in [5, 5.41) is 8.65. The number of fused-ring (bicyclic) bond motifs is 1. The molecule has 2 saturated carbocycles. The first-order valence-electron chi connectivity index (χ1n) is 9.46. The van der Waals surface area contributed by atoms with Gasteiger partial charge in [0.05, 0.1) is 12.1 Å². The highest BCUT2D eigenvalue weighted by atomic mass is 16.5. The Labute approximate surface area is 139 Å². The summed E-state index contributed by atoms with van der Waals surface area (Å²) < 4.78 is 8.13. The molecule has 2 aliphatic carbocycles. The van der Waals surface area contributed by atoms with Crippen molar-refractivity contribution >= 4 is 0 Å². The van der Waals surface area contributed by atoms with Crippen molar-refractivity contribution in [2.24, 2.45) is 5.41 Å². The number of aryl methyl sites for hydroxylation is 1. The number of aromatic nitrogens is 3. The number of nitrogens with zero attached hydrogens (tertiary/aromatic N) is 3. The smallest absolute Gasteiger partial charge is 0.153 e. The monoisotopic (exact) mass is 318 g/mol. The summed E-state index contributed by atoms with van der Waals surface area (Å²) in [5.74, 6) is 2.56. The van der Waals surface area contributed by atoms with Crippen LogP contribution in [-0.2, 0) is 11.3 Å². The van der Waals surface area contributed by atoms with Crippen LogP contribution in [-0.4, -0.2) is 33.5 Å². The van der Waals surface area contributed by atoms with Crippen LogP contribution >= 0.6 is 0 Å². The van der Waals surface area contributed by atoms with E-state index in [2.05, 4.69) is 30.8 Å². The van der Waals surface area contributed by atoms with Crippen molar-refractivity contribution < 1.29 is 4.74 Å². The van der Waals surface area contributed by atoms with Gasteiger partial charge in [-0.1, -0.05) is 20.3 Å². The van der Waals surface area contributed by atoms with Crippen LogP contribution < -0.4 is 5.32 Å². The maximum atomic E-state index is 5.99. The van der Waals surface area contributed by atoms with Gasteiger partial charge in [0.15, 0.2) is 5.82 Å². The second kappa shape index (κ2) is 5.85. The molecule has 128 valence electrons. The molecule has 0 bridgehead atoms. The molecule has 1 aromatic heterocycles. The molecule has 1 aliphatic heterocycles. The minimum atomic E-state index is 0.369. The molecule has 4 rings (SSSR count). The van der Waals surface area contributed by atoms with Crippen LogP contribution in [0, 0.1) is 5.41 Å². The van der Waals surface area contributed by atoms with Crippen molar-refractivity contribution in [3.8, 4) is 0 Å². The Kier molecular flexibility index (Phi) is 3.96. The van der Waals surface area contributed by atoms with Crippen molar-refractivity contribution in [1.29, 1.82) is 0 Å². The molecule has 1 N–H and O–H groups in total. The Hall–Kier alpha value is -0.940. The Bertz CT molecular complexity index is 563. The van der Waals surface area contributed by atoms with Crippen molar-refractivity contribution in [3.63, 3.8) is 0 Å². The molecule has 0 aromatic carbocycles. The van der Waals surface area contributed by atoms with E-state index in [0.717, 1.165) is 31.2 Å². The second-order valence-electron chi connectivity index (χ2n) is 7.89. The Balaban J connectivity index is 1.48. The van der Waals surface area contributed by atoms with Gasteiger partial charge in [0.25, 0.3) is 0 Å². The van der Waals surface area contributed by atoms with Gasteiger partial charge in [-0.05, 0) is 39.0 Å². The van der Waals surface area contributed by atoms with Gasteiger partial charge < -0.3 is 10.1 Å². The number of nitrogens with one attached hydrogen (secondary N) is 1. The predicted molar refractivity (Wildman–Crippen MR) is 89.3 cm³/mol. The molecule has 0 amide bonds. The third-order valence-corrected chi connectivity index (χ3v) is 6.25. The molecule has 3 unspecified atom stereocenters. The average molecular weight is 318 g/mol.